The highest BCUT2D eigenvalue weighted by atomic mass is 35.5. The number of thiazole rings is 1. The van der Waals surface area contributed by atoms with E-state index in [1.54, 1.807) is 5.38 Å². The summed E-state index contributed by atoms with van der Waals surface area (Å²) < 4.78 is 41.8. The zero-order chi connectivity index (χ0) is 19.9. The van der Waals surface area contributed by atoms with Crippen molar-refractivity contribution in [2.45, 2.75) is 49.1 Å². The van der Waals surface area contributed by atoms with E-state index in [0.717, 1.165) is 55.7 Å². The summed E-state index contributed by atoms with van der Waals surface area (Å²) in [5, 5.41) is 5.24. The summed E-state index contributed by atoms with van der Waals surface area (Å²) in [5.41, 5.74) is 0.490. The van der Waals surface area contributed by atoms with Gasteiger partial charge in [-0.15, -0.1) is 11.3 Å². The Bertz CT molecular complexity index is 970. The Morgan fingerprint density at radius 3 is 3.00 bits per heavy atom. The molecule has 2 atom stereocenters. The van der Waals surface area contributed by atoms with E-state index in [9.17, 15) is 12.8 Å². The van der Waals surface area contributed by atoms with Crippen molar-refractivity contribution >= 4 is 43.8 Å². The lowest BCUT2D eigenvalue weighted by Gasteiger charge is -2.34. The first-order valence-electron chi connectivity index (χ1n) is 9.23. The molecule has 2 fully saturated rings. The molecule has 2 aromatic rings. The Morgan fingerprint density at radius 1 is 1.43 bits per heavy atom. The van der Waals surface area contributed by atoms with E-state index in [1.165, 1.54) is 6.20 Å². The quantitative estimate of drug-likeness (QED) is 0.699. The third-order valence-corrected chi connectivity index (χ3v) is 8.27. The fraction of sp³-hybridized carbons (Fsp3) is 0.500. The SMILES string of the molecule is C[C@H]1CC[C@@]2(CNc3cc(F)c(S(=O)(=O)Nc4nccs4)cc3Cl)CCCN12. The summed E-state index contributed by atoms with van der Waals surface area (Å²) in [4.78, 5) is 5.90. The van der Waals surface area contributed by atoms with Gasteiger partial charge in [-0.05, 0) is 51.3 Å². The molecule has 10 heteroatoms. The van der Waals surface area contributed by atoms with Gasteiger partial charge in [0.1, 0.15) is 10.7 Å². The van der Waals surface area contributed by atoms with E-state index in [0.29, 0.717) is 18.3 Å². The van der Waals surface area contributed by atoms with Crippen LogP contribution in [0.5, 0.6) is 0 Å². The summed E-state index contributed by atoms with van der Waals surface area (Å²) in [6, 6.07) is 2.87. The molecule has 6 nitrogen and oxygen atoms in total. The third kappa shape index (κ3) is 3.60. The number of anilines is 2. The standard InChI is InChI=1S/C18H22ClFN4O2S2/c1-12-3-5-18(4-2-7-24(12)18)11-22-15-10-14(20)16(9-13(15)19)28(25,26)23-17-21-6-8-27-17/h6,8-10,12,22H,2-5,7,11H2,1H3,(H,21,23)/t12-,18+/m0/s1. The van der Waals surface area contributed by atoms with Crippen LogP contribution in [0.4, 0.5) is 15.2 Å². The molecule has 28 heavy (non-hydrogen) atoms. The molecule has 0 radical (unpaired) electrons. The number of benzene rings is 1. The van der Waals surface area contributed by atoms with Gasteiger partial charge in [-0.2, -0.15) is 0 Å². The molecule has 3 heterocycles. The molecule has 0 aliphatic carbocycles. The molecule has 0 unspecified atom stereocenters. The van der Waals surface area contributed by atoms with Gasteiger partial charge >= 0.3 is 0 Å². The lowest BCUT2D eigenvalue weighted by atomic mass is 9.94. The molecular weight excluding hydrogens is 423 g/mol. The van der Waals surface area contributed by atoms with Gasteiger partial charge in [0, 0.05) is 29.7 Å². The molecule has 4 rings (SSSR count). The monoisotopic (exact) mass is 444 g/mol. The molecule has 0 saturated carbocycles. The Labute approximate surface area is 173 Å². The zero-order valence-corrected chi connectivity index (χ0v) is 17.8. The predicted molar refractivity (Wildman–Crippen MR) is 110 cm³/mol. The van der Waals surface area contributed by atoms with E-state index in [2.05, 4.69) is 26.8 Å². The van der Waals surface area contributed by atoms with E-state index in [1.807, 2.05) is 0 Å². The van der Waals surface area contributed by atoms with Crippen molar-refractivity contribution in [1.82, 2.24) is 9.88 Å². The van der Waals surface area contributed by atoms with E-state index < -0.39 is 20.7 Å². The highest BCUT2D eigenvalue weighted by Gasteiger charge is 2.47. The first kappa shape index (κ1) is 19.9. The second-order valence-electron chi connectivity index (χ2n) is 7.47. The average molecular weight is 445 g/mol. The first-order chi connectivity index (χ1) is 13.3. The number of hydrogen-bond donors (Lipinski definition) is 2. The van der Waals surface area contributed by atoms with Crippen LogP contribution in [0.1, 0.15) is 32.6 Å². The molecule has 2 aliphatic heterocycles. The average Bonchev–Trinajstić information content (AvgIpc) is 3.35. The predicted octanol–water partition coefficient (Wildman–Crippen LogP) is 4.17. The van der Waals surface area contributed by atoms with Crippen molar-refractivity contribution in [1.29, 1.82) is 0 Å². The second-order valence-corrected chi connectivity index (χ2v) is 10.4. The van der Waals surface area contributed by atoms with E-state index in [4.69, 9.17) is 11.6 Å². The molecule has 1 aromatic heterocycles. The van der Waals surface area contributed by atoms with Crippen LogP contribution < -0.4 is 10.0 Å². The summed E-state index contributed by atoms with van der Waals surface area (Å²) >= 11 is 7.41. The maximum atomic E-state index is 14.6. The van der Waals surface area contributed by atoms with Gasteiger partial charge in [0.15, 0.2) is 5.13 Å². The van der Waals surface area contributed by atoms with Gasteiger partial charge in [-0.25, -0.2) is 17.8 Å². The fourth-order valence-corrected chi connectivity index (χ4v) is 6.57. The highest BCUT2D eigenvalue weighted by Crippen LogP contribution is 2.42. The van der Waals surface area contributed by atoms with Gasteiger partial charge < -0.3 is 5.32 Å². The van der Waals surface area contributed by atoms with Gasteiger partial charge in [0.25, 0.3) is 10.0 Å². The van der Waals surface area contributed by atoms with Gasteiger partial charge in [-0.3, -0.25) is 9.62 Å². The fourth-order valence-electron chi connectivity index (χ4n) is 4.40. The molecule has 0 bridgehead atoms. The lowest BCUT2D eigenvalue weighted by molar-refractivity contribution is 0.170. The number of halogens is 2. The van der Waals surface area contributed by atoms with Crippen LogP contribution in [-0.4, -0.2) is 43.0 Å². The largest absolute Gasteiger partial charge is 0.382 e. The summed E-state index contributed by atoms with van der Waals surface area (Å²) in [6.45, 7) is 4.00. The first-order valence-corrected chi connectivity index (χ1v) is 12.0. The van der Waals surface area contributed by atoms with Crippen LogP contribution in [0.15, 0.2) is 28.6 Å². The van der Waals surface area contributed by atoms with Crippen LogP contribution in [0.3, 0.4) is 0 Å². The van der Waals surface area contributed by atoms with Crippen molar-refractivity contribution in [2.75, 3.05) is 23.1 Å². The molecule has 2 N–H and O–H groups in total. The topological polar surface area (TPSA) is 74.3 Å². The number of sulfonamides is 1. The summed E-state index contributed by atoms with van der Waals surface area (Å²) in [5.74, 6) is -0.850. The van der Waals surface area contributed by atoms with Gasteiger partial charge in [0.2, 0.25) is 0 Å². The smallest absolute Gasteiger partial charge is 0.266 e. The van der Waals surface area contributed by atoms with Gasteiger partial charge in [0.05, 0.1) is 10.7 Å². The lowest BCUT2D eigenvalue weighted by Crippen LogP contribution is -2.46. The van der Waals surface area contributed by atoms with Crippen LogP contribution in [0, 0.1) is 5.82 Å². The second kappa shape index (κ2) is 7.44. The molecule has 1 aromatic carbocycles. The Morgan fingerprint density at radius 2 is 2.25 bits per heavy atom. The molecule has 0 amide bonds. The van der Waals surface area contributed by atoms with Crippen LogP contribution in [0.2, 0.25) is 5.02 Å². The normalized spacial score (nSPS) is 25.0. The minimum Gasteiger partial charge on any atom is -0.382 e. The maximum absolute atomic E-state index is 14.6. The highest BCUT2D eigenvalue weighted by molar-refractivity contribution is 7.93. The summed E-state index contributed by atoms with van der Waals surface area (Å²) in [7, 11) is -4.10. The number of fused-ring (bicyclic) bond motifs is 1. The van der Waals surface area contributed by atoms with Crippen molar-refractivity contribution in [3.8, 4) is 0 Å². The van der Waals surface area contributed by atoms with Crippen LogP contribution in [-0.2, 0) is 10.0 Å². The van der Waals surface area contributed by atoms with Gasteiger partial charge in [-0.1, -0.05) is 11.6 Å². The van der Waals surface area contributed by atoms with Crippen molar-refractivity contribution in [2.24, 2.45) is 0 Å². The zero-order valence-electron chi connectivity index (χ0n) is 15.4. The minimum absolute atomic E-state index is 0.0797. The summed E-state index contributed by atoms with van der Waals surface area (Å²) in [6.07, 6.45) is 5.99. The third-order valence-electron chi connectivity index (χ3n) is 5.78. The van der Waals surface area contributed by atoms with E-state index >= 15 is 0 Å². The van der Waals surface area contributed by atoms with Crippen molar-refractivity contribution < 1.29 is 12.8 Å². The molecule has 2 aliphatic rings. The molecule has 0 spiro atoms. The molecule has 152 valence electrons. The molecule has 2 saturated heterocycles. The van der Waals surface area contributed by atoms with Crippen molar-refractivity contribution in [3.63, 3.8) is 0 Å². The maximum Gasteiger partial charge on any atom is 0.266 e. The van der Waals surface area contributed by atoms with Crippen LogP contribution >= 0.6 is 22.9 Å². The number of nitrogens with zero attached hydrogens (tertiary/aromatic N) is 2. The number of hydrogen-bond acceptors (Lipinski definition) is 6. The van der Waals surface area contributed by atoms with E-state index in [-0.39, 0.29) is 15.7 Å². The number of aromatic nitrogens is 1. The number of rotatable bonds is 6. The minimum atomic E-state index is -4.10. The van der Waals surface area contributed by atoms with Crippen molar-refractivity contribution in [3.05, 3.63) is 34.5 Å². The Kier molecular flexibility index (Phi) is 5.28. The number of nitrogens with one attached hydrogen (secondary N) is 2. The molecular formula is C18H22ClFN4O2S2. The Balaban J connectivity index is 1.53. The van der Waals surface area contributed by atoms with Crippen LogP contribution in [0.25, 0.3) is 0 Å². The Hall–Kier alpha value is -1.42.